The van der Waals surface area contributed by atoms with Crippen LogP contribution < -0.4 is 10.1 Å². The normalized spacial score (nSPS) is 10.3. The number of benzene rings is 1. The highest BCUT2D eigenvalue weighted by atomic mass is 32.1. The highest BCUT2D eigenvalue weighted by molar-refractivity contribution is 7.15. The quantitative estimate of drug-likeness (QED) is 0.652. The second kappa shape index (κ2) is 6.33. The number of nitrogens with one attached hydrogen (secondary N) is 1. The lowest BCUT2D eigenvalue weighted by Crippen LogP contribution is -1.96. The summed E-state index contributed by atoms with van der Waals surface area (Å²) in [7, 11) is 0. The molecule has 0 spiro atoms. The standard InChI is InChI=1S/C13H15N3O3S/c1-3-14-13-15-7-11(20-13)8-19-12-5-4-10(16(17)18)6-9(12)2/h4-7H,3,8H2,1-2H3,(H,14,15). The molecule has 0 saturated carbocycles. The van der Waals surface area contributed by atoms with Crippen LogP contribution in [0.15, 0.2) is 24.4 Å². The van der Waals surface area contributed by atoms with Gasteiger partial charge < -0.3 is 10.1 Å². The lowest BCUT2D eigenvalue weighted by atomic mass is 10.2. The van der Waals surface area contributed by atoms with Gasteiger partial charge in [0, 0.05) is 24.9 Å². The third-order valence-corrected chi connectivity index (χ3v) is 3.55. The van der Waals surface area contributed by atoms with Crippen molar-refractivity contribution in [3.63, 3.8) is 0 Å². The van der Waals surface area contributed by atoms with Gasteiger partial charge in [-0.25, -0.2) is 4.98 Å². The van der Waals surface area contributed by atoms with Crippen molar-refractivity contribution in [2.24, 2.45) is 0 Å². The molecule has 7 heteroatoms. The Hall–Kier alpha value is -2.15. The molecule has 20 heavy (non-hydrogen) atoms. The molecular weight excluding hydrogens is 278 g/mol. The van der Waals surface area contributed by atoms with Gasteiger partial charge in [-0.05, 0) is 25.5 Å². The van der Waals surface area contributed by atoms with Crippen molar-refractivity contribution >= 4 is 22.2 Å². The number of aryl methyl sites for hydroxylation is 1. The van der Waals surface area contributed by atoms with E-state index in [1.165, 1.54) is 23.5 Å². The summed E-state index contributed by atoms with van der Waals surface area (Å²) in [6, 6.07) is 4.57. The molecule has 106 valence electrons. The Morgan fingerprint density at radius 1 is 1.50 bits per heavy atom. The van der Waals surface area contributed by atoms with Crippen LogP contribution in [0.1, 0.15) is 17.4 Å². The number of thiazole rings is 1. The first-order valence-corrected chi connectivity index (χ1v) is 6.98. The number of aromatic nitrogens is 1. The molecule has 0 amide bonds. The second-order valence-electron chi connectivity index (χ2n) is 4.16. The van der Waals surface area contributed by atoms with E-state index in [9.17, 15) is 10.1 Å². The number of non-ortho nitro benzene ring substituents is 1. The van der Waals surface area contributed by atoms with E-state index in [4.69, 9.17) is 4.74 Å². The summed E-state index contributed by atoms with van der Waals surface area (Å²) >= 11 is 1.54. The zero-order valence-corrected chi connectivity index (χ0v) is 12.1. The maximum atomic E-state index is 10.7. The van der Waals surface area contributed by atoms with Gasteiger partial charge in [0.25, 0.3) is 5.69 Å². The van der Waals surface area contributed by atoms with Gasteiger partial charge in [-0.2, -0.15) is 0 Å². The third-order valence-electron chi connectivity index (χ3n) is 2.62. The van der Waals surface area contributed by atoms with Crippen LogP contribution in [0.5, 0.6) is 5.75 Å². The molecule has 0 fully saturated rings. The molecule has 1 aromatic carbocycles. The number of nitro groups is 1. The maximum Gasteiger partial charge on any atom is 0.269 e. The van der Waals surface area contributed by atoms with Crippen LogP contribution in [0.4, 0.5) is 10.8 Å². The molecule has 2 rings (SSSR count). The number of nitro benzene ring substituents is 1. The summed E-state index contributed by atoms with van der Waals surface area (Å²) < 4.78 is 5.67. The number of anilines is 1. The number of nitrogens with zero attached hydrogens (tertiary/aromatic N) is 2. The molecule has 0 bridgehead atoms. The van der Waals surface area contributed by atoms with Crippen molar-refractivity contribution in [3.05, 3.63) is 45.0 Å². The fraction of sp³-hybridized carbons (Fsp3) is 0.308. The first-order chi connectivity index (χ1) is 9.60. The van der Waals surface area contributed by atoms with Crippen LogP contribution in [0.25, 0.3) is 0 Å². The van der Waals surface area contributed by atoms with Gasteiger partial charge in [0.1, 0.15) is 12.4 Å². The fourth-order valence-corrected chi connectivity index (χ4v) is 2.46. The Morgan fingerprint density at radius 2 is 2.30 bits per heavy atom. The van der Waals surface area contributed by atoms with E-state index in [0.29, 0.717) is 12.4 Å². The van der Waals surface area contributed by atoms with E-state index >= 15 is 0 Å². The lowest BCUT2D eigenvalue weighted by Gasteiger charge is -2.07. The Labute approximate surface area is 120 Å². The highest BCUT2D eigenvalue weighted by Crippen LogP contribution is 2.25. The molecule has 0 atom stereocenters. The topological polar surface area (TPSA) is 77.3 Å². The summed E-state index contributed by atoms with van der Waals surface area (Å²) in [5.41, 5.74) is 0.817. The fourth-order valence-electron chi connectivity index (χ4n) is 1.67. The van der Waals surface area contributed by atoms with Gasteiger partial charge in [0.2, 0.25) is 0 Å². The summed E-state index contributed by atoms with van der Waals surface area (Å²) in [5.74, 6) is 0.647. The minimum Gasteiger partial charge on any atom is -0.488 e. The molecule has 2 aromatic rings. The molecule has 1 heterocycles. The van der Waals surface area contributed by atoms with E-state index < -0.39 is 4.92 Å². The van der Waals surface area contributed by atoms with Gasteiger partial charge >= 0.3 is 0 Å². The number of hydrogen-bond donors (Lipinski definition) is 1. The van der Waals surface area contributed by atoms with Gasteiger partial charge in [-0.1, -0.05) is 11.3 Å². The van der Waals surface area contributed by atoms with Crippen LogP contribution in [0.2, 0.25) is 0 Å². The first kappa shape index (κ1) is 14.3. The molecule has 6 nitrogen and oxygen atoms in total. The van der Waals surface area contributed by atoms with E-state index in [1.807, 2.05) is 6.92 Å². The van der Waals surface area contributed by atoms with Gasteiger partial charge in [0.15, 0.2) is 5.13 Å². The average molecular weight is 293 g/mol. The Kier molecular flexibility index (Phi) is 4.52. The maximum absolute atomic E-state index is 10.7. The molecule has 0 aliphatic carbocycles. The van der Waals surface area contributed by atoms with Crippen molar-refractivity contribution in [2.45, 2.75) is 20.5 Å². The van der Waals surface area contributed by atoms with E-state index in [2.05, 4.69) is 10.3 Å². The van der Waals surface area contributed by atoms with Crippen molar-refractivity contribution in [3.8, 4) is 5.75 Å². The van der Waals surface area contributed by atoms with Crippen molar-refractivity contribution < 1.29 is 9.66 Å². The molecule has 0 aliphatic rings. The summed E-state index contributed by atoms with van der Waals surface area (Å²) in [6.45, 7) is 5.04. The Bertz CT molecular complexity index is 613. The first-order valence-electron chi connectivity index (χ1n) is 6.16. The zero-order valence-electron chi connectivity index (χ0n) is 11.3. The molecular formula is C13H15N3O3S. The summed E-state index contributed by atoms with van der Waals surface area (Å²) in [5, 5.41) is 14.7. The SMILES string of the molecule is CCNc1ncc(COc2ccc([N+](=O)[O-])cc2C)s1. The lowest BCUT2D eigenvalue weighted by molar-refractivity contribution is -0.384. The molecule has 0 aliphatic heterocycles. The molecule has 1 N–H and O–H groups in total. The van der Waals surface area contributed by atoms with Crippen molar-refractivity contribution in [2.75, 3.05) is 11.9 Å². The number of rotatable bonds is 6. The predicted octanol–water partition coefficient (Wildman–Crippen LogP) is 3.37. The van der Waals surface area contributed by atoms with Crippen molar-refractivity contribution in [1.29, 1.82) is 0 Å². The second-order valence-corrected chi connectivity index (χ2v) is 5.27. The Balaban J connectivity index is 2.01. The van der Waals surface area contributed by atoms with Gasteiger partial charge in [-0.15, -0.1) is 0 Å². The van der Waals surface area contributed by atoms with Crippen LogP contribution in [-0.4, -0.2) is 16.5 Å². The average Bonchev–Trinajstić information content (AvgIpc) is 2.85. The van der Waals surface area contributed by atoms with E-state index in [1.54, 1.807) is 19.2 Å². The van der Waals surface area contributed by atoms with Crippen LogP contribution >= 0.6 is 11.3 Å². The van der Waals surface area contributed by atoms with Crippen LogP contribution in [0.3, 0.4) is 0 Å². The van der Waals surface area contributed by atoms with Crippen LogP contribution in [-0.2, 0) is 6.61 Å². The summed E-state index contributed by atoms with van der Waals surface area (Å²) in [4.78, 5) is 15.5. The highest BCUT2D eigenvalue weighted by Gasteiger charge is 2.09. The molecule has 0 saturated heterocycles. The van der Waals surface area contributed by atoms with Gasteiger partial charge in [-0.3, -0.25) is 10.1 Å². The minimum absolute atomic E-state index is 0.0714. The molecule has 0 unspecified atom stereocenters. The van der Waals surface area contributed by atoms with Crippen molar-refractivity contribution in [1.82, 2.24) is 4.98 Å². The van der Waals surface area contributed by atoms with E-state index in [-0.39, 0.29) is 5.69 Å². The Morgan fingerprint density at radius 3 is 2.95 bits per heavy atom. The number of hydrogen-bond acceptors (Lipinski definition) is 6. The smallest absolute Gasteiger partial charge is 0.269 e. The van der Waals surface area contributed by atoms with Gasteiger partial charge in [0.05, 0.1) is 9.80 Å². The largest absolute Gasteiger partial charge is 0.488 e. The monoisotopic (exact) mass is 293 g/mol. The zero-order chi connectivity index (χ0) is 14.5. The summed E-state index contributed by atoms with van der Waals surface area (Å²) in [6.07, 6.45) is 1.77. The third kappa shape index (κ3) is 3.45. The number of ether oxygens (including phenoxy) is 1. The predicted molar refractivity (Wildman–Crippen MR) is 78.4 cm³/mol. The molecule has 0 radical (unpaired) electrons. The molecule has 1 aromatic heterocycles. The van der Waals surface area contributed by atoms with E-state index in [0.717, 1.165) is 22.1 Å². The minimum atomic E-state index is -0.414. The van der Waals surface area contributed by atoms with Crippen LogP contribution in [0, 0.1) is 17.0 Å².